The van der Waals surface area contributed by atoms with Crippen LogP contribution in [0.25, 0.3) is 5.65 Å². The second kappa shape index (κ2) is 2.55. The van der Waals surface area contributed by atoms with Gasteiger partial charge in [0.15, 0.2) is 0 Å². The quantitative estimate of drug-likeness (QED) is 0.634. The summed E-state index contributed by atoms with van der Waals surface area (Å²) in [4.78, 5) is 4.00. The number of aryl methyl sites for hydroxylation is 1. The summed E-state index contributed by atoms with van der Waals surface area (Å²) in [5.41, 5.74) is 1.23. The van der Waals surface area contributed by atoms with Gasteiger partial charge in [0.1, 0.15) is 10.3 Å². The maximum absolute atomic E-state index is 13.4. The van der Waals surface area contributed by atoms with E-state index in [2.05, 4.69) is 20.9 Å². The van der Waals surface area contributed by atoms with E-state index in [-0.39, 0.29) is 5.95 Å². The van der Waals surface area contributed by atoms with E-state index in [1.807, 2.05) is 0 Å². The van der Waals surface area contributed by atoms with Crippen LogP contribution in [0.1, 0.15) is 5.56 Å². The van der Waals surface area contributed by atoms with Crippen molar-refractivity contribution in [3.8, 4) is 0 Å². The van der Waals surface area contributed by atoms with Gasteiger partial charge in [-0.2, -0.15) is 4.39 Å². The molecule has 0 unspecified atom stereocenters. The molecule has 0 spiro atoms. The zero-order valence-electron chi connectivity index (χ0n) is 6.38. The van der Waals surface area contributed by atoms with Crippen molar-refractivity contribution in [1.29, 1.82) is 0 Å². The highest BCUT2D eigenvalue weighted by Crippen LogP contribution is 2.16. The molecule has 2 heterocycles. The second-order valence-corrected chi connectivity index (χ2v) is 3.39. The Hall–Kier alpha value is -0.900. The van der Waals surface area contributed by atoms with Crippen LogP contribution in [0.2, 0.25) is 0 Å². The van der Waals surface area contributed by atoms with Gasteiger partial charge in [-0.1, -0.05) is 6.07 Å². The number of pyridine rings is 1. The predicted octanol–water partition coefficient (Wildman–Crippen LogP) is 2.54. The molecule has 0 atom stereocenters. The highest BCUT2D eigenvalue weighted by atomic mass is 79.9. The van der Waals surface area contributed by atoms with Gasteiger partial charge in [-0.15, -0.1) is 0 Å². The highest BCUT2D eigenvalue weighted by molar-refractivity contribution is 9.10. The van der Waals surface area contributed by atoms with Gasteiger partial charge in [-0.3, -0.25) is 4.40 Å². The van der Waals surface area contributed by atoms with E-state index in [4.69, 9.17) is 0 Å². The van der Waals surface area contributed by atoms with E-state index in [0.717, 1.165) is 0 Å². The van der Waals surface area contributed by atoms with E-state index in [1.54, 1.807) is 25.3 Å². The van der Waals surface area contributed by atoms with Crippen molar-refractivity contribution in [3.63, 3.8) is 0 Å². The summed E-state index contributed by atoms with van der Waals surface area (Å²) in [6.45, 7) is 1.72. The molecule has 0 aliphatic carbocycles. The highest BCUT2D eigenvalue weighted by Gasteiger charge is 2.06. The third-order valence-electron chi connectivity index (χ3n) is 1.75. The third kappa shape index (κ3) is 0.948. The van der Waals surface area contributed by atoms with Crippen molar-refractivity contribution in [3.05, 3.63) is 34.4 Å². The topological polar surface area (TPSA) is 17.3 Å². The van der Waals surface area contributed by atoms with Crippen molar-refractivity contribution >= 4 is 21.6 Å². The average Bonchev–Trinajstić information content (AvgIpc) is 2.41. The summed E-state index contributed by atoms with van der Waals surface area (Å²) in [7, 11) is 0. The molecule has 2 aromatic rings. The van der Waals surface area contributed by atoms with Gasteiger partial charge in [-0.25, -0.2) is 4.98 Å². The predicted molar refractivity (Wildman–Crippen MR) is 47.6 cm³/mol. The second-order valence-electron chi connectivity index (χ2n) is 2.58. The largest absolute Gasteiger partial charge is 0.262 e. The molecular formula is C8H6BrFN2. The average molecular weight is 229 g/mol. The van der Waals surface area contributed by atoms with Crippen LogP contribution in [-0.4, -0.2) is 9.38 Å². The lowest BCUT2D eigenvalue weighted by molar-refractivity contribution is 0.555. The fourth-order valence-electron chi connectivity index (χ4n) is 1.10. The fraction of sp³-hybridized carbons (Fsp3) is 0.125. The summed E-state index contributed by atoms with van der Waals surface area (Å²) >= 11 is 3.21. The summed E-state index contributed by atoms with van der Waals surface area (Å²) in [6, 6.07) is 3.49. The lowest BCUT2D eigenvalue weighted by Gasteiger charge is -1.99. The molecule has 4 heteroatoms. The number of fused-ring (bicyclic) bond motifs is 1. The zero-order chi connectivity index (χ0) is 8.72. The van der Waals surface area contributed by atoms with Crippen LogP contribution in [-0.2, 0) is 0 Å². The number of rotatable bonds is 0. The molecule has 12 heavy (non-hydrogen) atoms. The number of halogens is 2. The fourth-order valence-corrected chi connectivity index (χ4v) is 1.54. The maximum atomic E-state index is 13.4. The number of nitrogens with zero attached hydrogens (tertiary/aromatic N) is 2. The van der Waals surface area contributed by atoms with Crippen LogP contribution in [0, 0.1) is 12.9 Å². The van der Waals surface area contributed by atoms with Gasteiger partial charge in [0, 0.05) is 5.56 Å². The number of imidazole rings is 1. The van der Waals surface area contributed by atoms with Crippen molar-refractivity contribution in [2.45, 2.75) is 6.92 Å². The summed E-state index contributed by atoms with van der Waals surface area (Å²) in [5.74, 6) is -0.267. The SMILES string of the molecule is Cc1ccc2ncc(Br)n2c1F. The van der Waals surface area contributed by atoms with Crippen LogP contribution in [0.4, 0.5) is 4.39 Å². The number of hydrogen-bond donors (Lipinski definition) is 0. The smallest absolute Gasteiger partial charge is 0.203 e. The summed E-state index contributed by atoms with van der Waals surface area (Å²) < 4.78 is 15.4. The van der Waals surface area contributed by atoms with Crippen molar-refractivity contribution in [1.82, 2.24) is 9.38 Å². The molecular weight excluding hydrogens is 223 g/mol. The standard InChI is InChI=1S/C8H6BrFN2/c1-5-2-3-7-11-4-6(9)12(7)8(5)10/h2-4H,1H3. The monoisotopic (exact) mass is 228 g/mol. The third-order valence-corrected chi connectivity index (χ3v) is 2.31. The molecule has 2 nitrogen and oxygen atoms in total. The van der Waals surface area contributed by atoms with Gasteiger partial charge >= 0.3 is 0 Å². The normalized spacial score (nSPS) is 10.9. The molecule has 0 amide bonds. The molecule has 0 aliphatic rings. The van der Waals surface area contributed by atoms with E-state index in [9.17, 15) is 4.39 Å². The van der Waals surface area contributed by atoms with E-state index < -0.39 is 0 Å². The minimum Gasteiger partial charge on any atom is -0.262 e. The van der Waals surface area contributed by atoms with Crippen molar-refractivity contribution in [2.24, 2.45) is 0 Å². The first kappa shape index (κ1) is 7.73. The van der Waals surface area contributed by atoms with Gasteiger partial charge < -0.3 is 0 Å². The van der Waals surface area contributed by atoms with E-state index >= 15 is 0 Å². The van der Waals surface area contributed by atoms with Gasteiger partial charge in [0.05, 0.1) is 6.20 Å². The Morgan fingerprint density at radius 1 is 1.50 bits per heavy atom. The number of hydrogen-bond acceptors (Lipinski definition) is 1. The maximum Gasteiger partial charge on any atom is 0.203 e. The molecule has 2 rings (SSSR count). The minimum atomic E-state index is -0.267. The Balaban J connectivity index is 2.96. The molecule has 0 N–H and O–H groups in total. The van der Waals surface area contributed by atoms with E-state index in [1.165, 1.54) is 4.40 Å². The molecule has 0 bridgehead atoms. The molecule has 0 aromatic carbocycles. The molecule has 0 saturated carbocycles. The van der Waals surface area contributed by atoms with E-state index in [0.29, 0.717) is 15.8 Å². The van der Waals surface area contributed by atoms with Crippen LogP contribution in [0.3, 0.4) is 0 Å². The Morgan fingerprint density at radius 3 is 3.00 bits per heavy atom. The van der Waals surface area contributed by atoms with Gasteiger partial charge in [-0.05, 0) is 28.9 Å². The summed E-state index contributed by atoms with van der Waals surface area (Å²) in [6.07, 6.45) is 1.58. The van der Waals surface area contributed by atoms with Crippen molar-refractivity contribution in [2.75, 3.05) is 0 Å². The lowest BCUT2D eigenvalue weighted by Crippen LogP contribution is -1.95. The Bertz CT molecular complexity index is 436. The van der Waals surface area contributed by atoms with Gasteiger partial charge in [0.2, 0.25) is 5.95 Å². The Kier molecular flexibility index (Phi) is 1.65. The van der Waals surface area contributed by atoms with Crippen LogP contribution >= 0.6 is 15.9 Å². The Labute approximate surface area is 77.2 Å². The molecule has 2 aromatic heterocycles. The first-order chi connectivity index (χ1) is 5.70. The van der Waals surface area contributed by atoms with Crippen LogP contribution in [0.15, 0.2) is 22.9 Å². The molecule has 0 saturated heterocycles. The molecule has 0 aliphatic heterocycles. The van der Waals surface area contributed by atoms with Gasteiger partial charge in [0.25, 0.3) is 0 Å². The molecule has 0 radical (unpaired) electrons. The molecule has 62 valence electrons. The minimum absolute atomic E-state index is 0.267. The number of aromatic nitrogens is 2. The lowest BCUT2D eigenvalue weighted by atomic mass is 10.3. The first-order valence-electron chi connectivity index (χ1n) is 3.48. The summed E-state index contributed by atoms with van der Waals surface area (Å²) in [5, 5.41) is 0. The van der Waals surface area contributed by atoms with Crippen LogP contribution in [0.5, 0.6) is 0 Å². The van der Waals surface area contributed by atoms with Crippen LogP contribution < -0.4 is 0 Å². The Morgan fingerprint density at radius 2 is 2.25 bits per heavy atom. The van der Waals surface area contributed by atoms with Crippen molar-refractivity contribution < 1.29 is 4.39 Å². The zero-order valence-corrected chi connectivity index (χ0v) is 7.97. The molecule has 0 fully saturated rings. The first-order valence-corrected chi connectivity index (χ1v) is 4.27.